The van der Waals surface area contributed by atoms with Gasteiger partial charge < -0.3 is 28.4 Å². The molecule has 624 valence electrons. The first kappa shape index (κ1) is 77.5. The van der Waals surface area contributed by atoms with Gasteiger partial charge in [-0.15, -0.1) is 0 Å². The minimum absolute atomic E-state index is 0.413. The van der Waals surface area contributed by atoms with E-state index < -0.39 is 10.8 Å². The molecule has 0 saturated carbocycles. The van der Waals surface area contributed by atoms with Gasteiger partial charge in [0.15, 0.2) is 0 Å². The highest BCUT2D eigenvalue weighted by Crippen LogP contribution is 2.65. The smallest absolute Gasteiger partial charge is 0.0725 e. The molecule has 0 N–H and O–H groups in total. The summed E-state index contributed by atoms with van der Waals surface area (Å²) in [7, 11) is 6.37. The van der Waals surface area contributed by atoms with Crippen molar-refractivity contribution in [3.8, 4) is 83.8 Å². The van der Waals surface area contributed by atoms with Gasteiger partial charge in [-0.3, -0.25) is 0 Å². The van der Waals surface area contributed by atoms with Gasteiger partial charge in [-0.05, 0) is 276 Å². The number of para-hydroxylation sites is 6. The third-order valence-corrected chi connectivity index (χ3v) is 28.7. The molecule has 27 rings (SSSR count). The second-order valence-corrected chi connectivity index (χ2v) is 35.6. The number of nitrogens with zero attached hydrogens (tertiary/aromatic N) is 6. The minimum atomic E-state index is -0.413. The Labute approximate surface area is 768 Å². The van der Waals surface area contributed by atoms with Crippen LogP contribution in [0.25, 0.3) is 149 Å². The number of fused-ring (bicyclic) bond motifs is 29. The maximum absolute atomic E-state index is 2.51. The Morgan fingerprint density at radius 1 is 0.167 bits per heavy atom. The summed E-state index contributed by atoms with van der Waals surface area (Å²) in [6.45, 7) is 2.12. The summed E-state index contributed by atoms with van der Waals surface area (Å²) >= 11 is 0. The van der Waals surface area contributed by atoms with Gasteiger partial charge in [0.1, 0.15) is 0 Å². The molecule has 0 aliphatic heterocycles. The van der Waals surface area contributed by atoms with E-state index in [1.54, 1.807) is 0 Å². The van der Waals surface area contributed by atoms with Crippen molar-refractivity contribution in [1.29, 1.82) is 0 Å². The van der Waals surface area contributed by atoms with Crippen molar-refractivity contribution in [2.75, 3.05) is 35.8 Å². The first-order chi connectivity index (χ1) is 65.1. The number of anilines is 6. The molecule has 2 spiro atoms. The van der Waals surface area contributed by atoms with E-state index >= 15 is 0 Å². The standard InChI is InChI=1S/C75H48N2.C26H22N2.C25H20N2/c1-76(51-17-3-2-4-18-51)52-35-37-53(38-36-52)77-72-41-33-47(49-31-39-60-58-23-9-15-29-68(58)74(70(60)45-49)64-25-11-5-19-54(64)55-20-6-12-26-65(55)74)43-62(72)63-44-48(34-42-73(63)77)50-32-40-61-59-24-10-16-30-69(59)75(71(61)46-50)66-27-13-7-21-56(66)57-22-8-14-28-67(57)75;1-19-14-16-20(17-15-19)27(2)21-8-7-9-22(18-21)28-25-12-5-3-10-23(25)24-11-4-6-13-26(24)28;1-26(19-10-3-2-4-11-19)20-12-9-13-21(18-20)27-24-16-7-5-14-22(24)23-15-6-8-17-25(23)27/h2-46H,1H3;3-18H,1-2H3;2-18H,1H3. The molecule has 132 heavy (non-hydrogen) atoms. The molecule has 0 atom stereocenters. The summed E-state index contributed by atoms with van der Waals surface area (Å²) in [6.07, 6.45) is 0. The maximum atomic E-state index is 2.51. The predicted molar refractivity (Wildman–Crippen MR) is 554 cm³/mol. The van der Waals surface area contributed by atoms with E-state index in [2.05, 4.69) is 524 Å². The van der Waals surface area contributed by atoms with Gasteiger partial charge in [0.2, 0.25) is 0 Å². The number of aromatic nitrogens is 3. The van der Waals surface area contributed by atoms with E-state index in [0.29, 0.717) is 0 Å². The molecule has 20 aromatic carbocycles. The Hall–Kier alpha value is -16.8. The summed E-state index contributed by atoms with van der Waals surface area (Å²) in [5, 5.41) is 7.60. The number of hydrogen-bond acceptors (Lipinski definition) is 3. The lowest BCUT2D eigenvalue weighted by Gasteiger charge is -2.30. The van der Waals surface area contributed by atoms with Crippen LogP contribution in [0.5, 0.6) is 0 Å². The van der Waals surface area contributed by atoms with E-state index in [9.17, 15) is 0 Å². The maximum Gasteiger partial charge on any atom is 0.0725 e. The highest BCUT2D eigenvalue weighted by molar-refractivity contribution is 6.14. The molecule has 0 radical (unpaired) electrons. The lowest BCUT2D eigenvalue weighted by atomic mass is 9.70. The number of benzene rings is 20. The summed E-state index contributed by atoms with van der Waals surface area (Å²) in [5.41, 5.74) is 44.4. The van der Waals surface area contributed by atoms with Crippen molar-refractivity contribution in [2.24, 2.45) is 0 Å². The Morgan fingerprint density at radius 3 is 0.765 bits per heavy atom. The van der Waals surface area contributed by atoms with Crippen molar-refractivity contribution in [2.45, 2.75) is 17.8 Å². The molecule has 3 aromatic heterocycles. The molecule has 0 fully saturated rings. The van der Waals surface area contributed by atoms with Gasteiger partial charge in [0.05, 0.1) is 43.9 Å². The fourth-order valence-corrected chi connectivity index (χ4v) is 22.6. The van der Waals surface area contributed by atoms with Crippen LogP contribution in [0, 0.1) is 6.92 Å². The van der Waals surface area contributed by atoms with Gasteiger partial charge in [-0.1, -0.05) is 321 Å². The number of aryl methyl sites for hydroxylation is 1. The third-order valence-electron chi connectivity index (χ3n) is 28.7. The highest BCUT2D eigenvalue weighted by atomic mass is 15.1. The molecule has 0 unspecified atom stereocenters. The molecule has 4 aliphatic rings. The topological polar surface area (TPSA) is 24.5 Å². The first-order valence-electron chi connectivity index (χ1n) is 45.8. The number of rotatable bonds is 11. The molecule has 4 aliphatic carbocycles. The SMILES string of the molecule is CN(c1ccccc1)c1ccc(-n2c3ccc(-c4ccc5c(c4)C4(c6ccccc6-c6ccccc64)c4ccccc4-5)cc3c3cc(-c4ccc5c(c4)C4(c6ccccc6-c6ccccc64)c4ccccc4-5)ccc32)cc1.CN(c1ccccc1)c1cccc(-n2c3ccccc3c3ccccc32)c1.Cc1ccc(N(C)c2cccc(-n3c4ccccc4c4ccccc43)c2)cc1. The molecule has 6 nitrogen and oxygen atoms in total. The minimum Gasteiger partial charge on any atom is -0.345 e. The zero-order chi connectivity index (χ0) is 87.9. The van der Waals surface area contributed by atoms with Crippen molar-refractivity contribution < 1.29 is 0 Å². The normalized spacial score (nSPS) is 12.8. The quantitative estimate of drug-likeness (QED) is 0.129. The van der Waals surface area contributed by atoms with Crippen LogP contribution in [0.3, 0.4) is 0 Å². The fraction of sp³-hybridized carbons (Fsp3) is 0.0476. The Balaban J connectivity index is 0.000000138. The Morgan fingerprint density at radius 2 is 0.417 bits per heavy atom. The molecular formula is C126H90N6. The summed E-state index contributed by atoms with van der Waals surface area (Å²) in [6, 6.07) is 174. The van der Waals surface area contributed by atoms with Crippen LogP contribution in [0.15, 0.2) is 473 Å². The van der Waals surface area contributed by atoms with E-state index in [1.807, 2.05) is 6.07 Å². The largest absolute Gasteiger partial charge is 0.345 e. The van der Waals surface area contributed by atoms with E-state index in [-0.39, 0.29) is 0 Å². The van der Waals surface area contributed by atoms with E-state index in [0.717, 1.165) is 17.1 Å². The van der Waals surface area contributed by atoms with Crippen molar-refractivity contribution in [1.82, 2.24) is 13.7 Å². The lowest BCUT2D eigenvalue weighted by Crippen LogP contribution is -2.25. The molecular weight excluding hydrogens is 1600 g/mol. The fourth-order valence-electron chi connectivity index (χ4n) is 22.6. The zero-order valence-electron chi connectivity index (χ0n) is 73.7. The van der Waals surface area contributed by atoms with Gasteiger partial charge in [0.25, 0.3) is 0 Å². The molecule has 0 bridgehead atoms. The van der Waals surface area contributed by atoms with Gasteiger partial charge in [-0.2, -0.15) is 0 Å². The molecule has 6 heteroatoms. The molecule has 23 aromatic rings. The molecule has 0 amide bonds. The summed E-state index contributed by atoms with van der Waals surface area (Å²) < 4.78 is 7.18. The monoisotopic (exact) mass is 1690 g/mol. The van der Waals surface area contributed by atoms with Crippen LogP contribution in [-0.4, -0.2) is 34.8 Å². The van der Waals surface area contributed by atoms with E-state index in [4.69, 9.17) is 0 Å². The second kappa shape index (κ2) is 31.0. The zero-order valence-corrected chi connectivity index (χ0v) is 73.7. The average Bonchev–Trinajstić information content (AvgIpc) is 1.50. The third kappa shape index (κ3) is 12.0. The van der Waals surface area contributed by atoms with Crippen molar-refractivity contribution in [3.05, 3.63) is 523 Å². The van der Waals surface area contributed by atoms with Crippen molar-refractivity contribution >= 4 is 99.5 Å². The summed E-state index contributed by atoms with van der Waals surface area (Å²) in [4.78, 5) is 6.70. The van der Waals surface area contributed by atoms with Crippen LogP contribution < -0.4 is 14.7 Å². The predicted octanol–water partition coefficient (Wildman–Crippen LogP) is 32.0. The average molecular weight is 1690 g/mol. The van der Waals surface area contributed by atoms with Gasteiger partial charge in [-0.25, -0.2) is 0 Å². The van der Waals surface area contributed by atoms with Crippen LogP contribution in [0.4, 0.5) is 34.1 Å². The van der Waals surface area contributed by atoms with Crippen LogP contribution in [0.2, 0.25) is 0 Å². The number of hydrogen-bond donors (Lipinski definition) is 0. The first-order valence-corrected chi connectivity index (χ1v) is 45.8. The second-order valence-electron chi connectivity index (χ2n) is 35.6. The van der Waals surface area contributed by atoms with E-state index in [1.165, 1.54) is 216 Å². The van der Waals surface area contributed by atoms with Crippen molar-refractivity contribution in [3.63, 3.8) is 0 Å². The van der Waals surface area contributed by atoms with Crippen LogP contribution >= 0.6 is 0 Å². The van der Waals surface area contributed by atoms with Crippen LogP contribution in [0.1, 0.15) is 50.1 Å². The molecule has 0 saturated heterocycles. The highest BCUT2D eigenvalue weighted by Gasteiger charge is 2.53. The lowest BCUT2D eigenvalue weighted by molar-refractivity contribution is 0.794. The van der Waals surface area contributed by atoms with Gasteiger partial charge in [0, 0.05) is 105 Å². The summed E-state index contributed by atoms with van der Waals surface area (Å²) in [5.74, 6) is 0. The Kier molecular flexibility index (Phi) is 18.2. The molecule has 3 heterocycles. The van der Waals surface area contributed by atoms with Crippen LogP contribution in [-0.2, 0) is 10.8 Å². The Bertz CT molecular complexity index is 8050. The van der Waals surface area contributed by atoms with Gasteiger partial charge >= 0.3 is 0 Å².